The first-order valence-corrected chi connectivity index (χ1v) is 9.48. The zero-order valence-corrected chi connectivity index (χ0v) is 15.9. The summed E-state index contributed by atoms with van der Waals surface area (Å²) in [5, 5.41) is 5.96. The average molecular weight is 378 g/mol. The molecule has 0 bridgehead atoms. The Balaban J connectivity index is 1.35. The van der Waals surface area contributed by atoms with Crippen molar-refractivity contribution < 1.29 is 4.74 Å². The number of ether oxygens (including phenoxy) is 1. The molecular formula is C20H22N6O2. The summed E-state index contributed by atoms with van der Waals surface area (Å²) in [7, 11) is 3.57. The van der Waals surface area contributed by atoms with E-state index in [-0.39, 0.29) is 11.7 Å². The number of nitrogens with one attached hydrogen (secondary N) is 1. The van der Waals surface area contributed by atoms with E-state index < -0.39 is 0 Å². The Bertz CT molecular complexity index is 1210. The molecule has 1 fully saturated rings. The second kappa shape index (κ2) is 6.40. The first-order valence-electron chi connectivity index (χ1n) is 9.48. The number of aromatic amines is 1. The summed E-state index contributed by atoms with van der Waals surface area (Å²) >= 11 is 0. The SMILES string of the molecule is Cn1cc2c(=O)n(C)c(N3CCC(Oc4cccc5[nH]ccc45)CC3)nc2n1. The van der Waals surface area contributed by atoms with Gasteiger partial charge in [0.05, 0.1) is 0 Å². The van der Waals surface area contributed by atoms with Crippen molar-refractivity contribution in [3.05, 3.63) is 47.0 Å². The van der Waals surface area contributed by atoms with Crippen LogP contribution in [0.5, 0.6) is 5.75 Å². The first kappa shape index (κ1) is 16.9. The molecule has 8 nitrogen and oxygen atoms in total. The van der Waals surface area contributed by atoms with Gasteiger partial charge >= 0.3 is 0 Å². The van der Waals surface area contributed by atoms with E-state index in [0.29, 0.717) is 17.0 Å². The smallest absolute Gasteiger partial charge is 0.265 e. The van der Waals surface area contributed by atoms with E-state index in [1.807, 2.05) is 30.5 Å². The summed E-state index contributed by atoms with van der Waals surface area (Å²) in [5.41, 5.74) is 1.52. The van der Waals surface area contributed by atoms with E-state index in [9.17, 15) is 4.79 Å². The van der Waals surface area contributed by atoms with Crippen molar-refractivity contribution in [3.8, 4) is 5.75 Å². The van der Waals surface area contributed by atoms with Crippen LogP contribution < -0.4 is 15.2 Å². The van der Waals surface area contributed by atoms with Gasteiger partial charge in [0, 0.05) is 63.3 Å². The minimum Gasteiger partial charge on any atom is -0.490 e. The van der Waals surface area contributed by atoms with Crippen LogP contribution in [0.25, 0.3) is 21.9 Å². The molecule has 3 aromatic heterocycles. The normalized spacial score (nSPS) is 15.6. The second-order valence-corrected chi connectivity index (χ2v) is 7.32. The molecule has 0 radical (unpaired) electrons. The maximum absolute atomic E-state index is 12.6. The van der Waals surface area contributed by atoms with Crippen molar-refractivity contribution in [2.75, 3.05) is 18.0 Å². The topological polar surface area (TPSA) is 81.0 Å². The maximum atomic E-state index is 12.6. The quantitative estimate of drug-likeness (QED) is 0.591. The molecule has 4 aromatic rings. The summed E-state index contributed by atoms with van der Waals surface area (Å²) in [5.74, 6) is 1.58. The number of aryl methyl sites for hydroxylation is 1. The Morgan fingerprint density at radius 1 is 1.14 bits per heavy atom. The molecule has 0 amide bonds. The maximum Gasteiger partial charge on any atom is 0.265 e. The number of hydrogen-bond donors (Lipinski definition) is 1. The third-order valence-electron chi connectivity index (χ3n) is 5.42. The number of aromatic nitrogens is 5. The predicted molar refractivity (Wildman–Crippen MR) is 108 cm³/mol. The van der Waals surface area contributed by atoms with E-state index in [1.165, 1.54) is 0 Å². The molecule has 0 atom stereocenters. The van der Waals surface area contributed by atoms with Crippen molar-refractivity contribution in [3.63, 3.8) is 0 Å². The molecule has 0 saturated carbocycles. The van der Waals surface area contributed by atoms with Crippen molar-refractivity contribution in [1.29, 1.82) is 0 Å². The van der Waals surface area contributed by atoms with E-state index in [4.69, 9.17) is 4.74 Å². The highest BCUT2D eigenvalue weighted by molar-refractivity contribution is 5.85. The van der Waals surface area contributed by atoms with E-state index in [1.54, 1.807) is 29.5 Å². The highest BCUT2D eigenvalue weighted by atomic mass is 16.5. The second-order valence-electron chi connectivity index (χ2n) is 7.32. The fourth-order valence-corrected chi connectivity index (χ4v) is 3.95. The van der Waals surface area contributed by atoms with Gasteiger partial charge in [0.2, 0.25) is 5.95 Å². The summed E-state index contributed by atoms with van der Waals surface area (Å²) in [6.45, 7) is 1.57. The molecule has 1 aromatic carbocycles. The highest BCUT2D eigenvalue weighted by Crippen LogP contribution is 2.28. The van der Waals surface area contributed by atoms with Gasteiger partial charge in [-0.25, -0.2) is 0 Å². The van der Waals surface area contributed by atoms with E-state index in [0.717, 1.165) is 42.6 Å². The monoisotopic (exact) mass is 378 g/mol. The molecule has 0 spiro atoms. The molecular weight excluding hydrogens is 356 g/mol. The molecule has 8 heteroatoms. The van der Waals surface area contributed by atoms with Gasteiger partial charge in [0.25, 0.3) is 5.56 Å². The van der Waals surface area contributed by atoms with Crippen LogP contribution in [-0.4, -0.2) is 43.5 Å². The van der Waals surface area contributed by atoms with Crippen LogP contribution in [-0.2, 0) is 14.1 Å². The summed E-state index contributed by atoms with van der Waals surface area (Å²) in [6.07, 6.45) is 5.54. The Labute approximate surface area is 161 Å². The molecule has 1 N–H and O–H groups in total. The molecule has 1 aliphatic rings. The lowest BCUT2D eigenvalue weighted by Crippen LogP contribution is -2.41. The van der Waals surface area contributed by atoms with Gasteiger partial charge in [-0.2, -0.15) is 10.1 Å². The molecule has 0 aliphatic carbocycles. The number of nitrogens with zero attached hydrogens (tertiary/aromatic N) is 5. The number of benzene rings is 1. The molecule has 1 aliphatic heterocycles. The summed E-state index contributed by atoms with van der Waals surface area (Å²) < 4.78 is 9.53. The van der Waals surface area contributed by atoms with Crippen LogP contribution >= 0.6 is 0 Å². The van der Waals surface area contributed by atoms with Gasteiger partial charge in [-0.3, -0.25) is 14.0 Å². The van der Waals surface area contributed by atoms with Gasteiger partial charge in [-0.15, -0.1) is 0 Å². The summed E-state index contributed by atoms with van der Waals surface area (Å²) in [6, 6.07) is 8.11. The zero-order chi connectivity index (χ0) is 19.3. The summed E-state index contributed by atoms with van der Waals surface area (Å²) in [4.78, 5) is 22.6. The van der Waals surface area contributed by atoms with Gasteiger partial charge in [0.15, 0.2) is 5.65 Å². The molecule has 5 rings (SSSR count). The molecule has 144 valence electrons. The van der Waals surface area contributed by atoms with E-state index >= 15 is 0 Å². The Morgan fingerprint density at radius 2 is 1.96 bits per heavy atom. The molecule has 1 saturated heterocycles. The number of anilines is 1. The number of hydrogen-bond acceptors (Lipinski definition) is 5. The van der Waals surface area contributed by atoms with Crippen LogP contribution in [0.2, 0.25) is 0 Å². The van der Waals surface area contributed by atoms with Crippen LogP contribution in [0.15, 0.2) is 41.5 Å². The largest absolute Gasteiger partial charge is 0.490 e. The number of fused-ring (bicyclic) bond motifs is 2. The molecule has 4 heterocycles. The van der Waals surface area contributed by atoms with Crippen LogP contribution in [0, 0.1) is 0 Å². The fourth-order valence-electron chi connectivity index (χ4n) is 3.95. The number of H-pyrrole nitrogens is 1. The third-order valence-corrected chi connectivity index (χ3v) is 5.42. The van der Waals surface area contributed by atoms with Crippen LogP contribution in [0.3, 0.4) is 0 Å². The fraction of sp³-hybridized carbons (Fsp3) is 0.350. The van der Waals surface area contributed by atoms with Gasteiger partial charge < -0.3 is 14.6 Å². The standard InChI is InChI=1S/C20H22N6O2/c1-24-12-15-18(23-24)22-20(25(2)19(15)27)26-10-7-13(8-11-26)28-17-5-3-4-16-14(17)6-9-21-16/h3-6,9,12-13,21H,7-8,10-11H2,1-2H3. The average Bonchev–Trinajstić information content (AvgIpc) is 3.32. The van der Waals surface area contributed by atoms with Crippen molar-refractivity contribution in [2.24, 2.45) is 14.1 Å². The zero-order valence-electron chi connectivity index (χ0n) is 15.9. The van der Waals surface area contributed by atoms with E-state index in [2.05, 4.69) is 20.0 Å². The van der Waals surface area contributed by atoms with Gasteiger partial charge in [-0.05, 0) is 18.2 Å². The predicted octanol–water partition coefficient (Wildman–Crippen LogP) is 2.20. The van der Waals surface area contributed by atoms with Crippen molar-refractivity contribution >= 4 is 27.9 Å². The number of rotatable bonds is 3. The number of piperidine rings is 1. The minimum atomic E-state index is -0.0643. The van der Waals surface area contributed by atoms with Gasteiger partial charge in [-0.1, -0.05) is 6.07 Å². The Morgan fingerprint density at radius 3 is 2.79 bits per heavy atom. The van der Waals surface area contributed by atoms with Crippen molar-refractivity contribution in [2.45, 2.75) is 18.9 Å². The Hall–Kier alpha value is -3.29. The lowest BCUT2D eigenvalue weighted by Gasteiger charge is -2.33. The minimum absolute atomic E-state index is 0.0643. The van der Waals surface area contributed by atoms with Gasteiger partial charge in [0.1, 0.15) is 17.2 Å². The molecule has 0 unspecified atom stereocenters. The van der Waals surface area contributed by atoms with Crippen molar-refractivity contribution in [1.82, 2.24) is 24.3 Å². The highest BCUT2D eigenvalue weighted by Gasteiger charge is 2.24. The molecule has 28 heavy (non-hydrogen) atoms. The Kier molecular flexibility index (Phi) is 3.85. The first-order chi connectivity index (χ1) is 13.6. The third kappa shape index (κ3) is 2.72. The van der Waals surface area contributed by atoms with Crippen LogP contribution in [0.4, 0.5) is 5.95 Å². The lowest BCUT2D eigenvalue weighted by atomic mass is 10.1. The van der Waals surface area contributed by atoms with Crippen LogP contribution in [0.1, 0.15) is 12.8 Å². The lowest BCUT2D eigenvalue weighted by molar-refractivity contribution is 0.172.